The lowest BCUT2D eigenvalue weighted by molar-refractivity contribution is -0.133. The molecule has 1 heterocycles. The Morgan fingerprint density at radius 3 is 2.91 bits per heavy atom. The van der Waals surface area contributed by atoms with Crippen molar-refractivity contribution in [2.75, 3.05) is 19.7 Å². The molecule has 1 saturated heterocycles. The fraction of sp³-hybridized carbons (Fsp3) is 0.611. The average Bonchev–Trinajstić information content (AvgIpc) is 2.49. The van der Waals surface area contributed by atoms with Gasteiger partial charge < -0.3 is 15.4 Å². The Morgan fingerprint density at radius 2 is 2.23 bits per heavy atom. The molecule has 1 aliphatic heterocycles. The fourth-order valence-electron chi connectivity index (χ4n) is 3.03. The average molecular weight is 304 g/mol. The van der Waals surface area contributed by atoms with Crippen LogP contribution in [0.1, 0.15) is 37.3 Å². The van der Waals surface area contributed by atoms with Crippen LogP contribution in [0.15, 0.2) is 18.2 Å². The van der Waals surface area contributed by atoms with Crippen molar-refractivity contribution in [1.82, 2.24) is 4.90 Å². The highest BCUT2D eigenvalue weighted by Crippen LogP contribution is 2.21. The van der Waals surface area contributed by atoms with Gasteiger partial charge in [-0.3, -0.25) is 4.79 Å². The summed E-state index contributed by atoms with van der Waals surface area (Å²) in [6, 6.07) is 6.25. The molecule has 1 fully saturated rings. The molecule has 4 heteroatoms. The van der Waals surface area contributed by atoms with E-state index in [4.69, 9.17) is 10.5 Å². The third-order valence-electron chi connectivity index (χ3n) is 4.46. The second-order valence-electron chi connectivity index (χ2n) is 6.47. The van der Waals surface area contributed by atoms with E-state index in [1.165, 1.54) is 5.56 Å². The largest absolute Gasteiger partial charge is 0.493 e. The number of nitrogens with two attached hydrogens (primary N) is 1. The van der Waals surface area contributed by atoms with Crippen molar-refractivity contribution in [3.8, 4) is 5.75 Å². The predicted octanol–water partition coefficient (Wildman–Crippen LogP) is 2.66. The van der Waals surface area contributed by atoms with Gasteiger partial charge in [-0.05, 0) is 51.2 Å². The summed E-state index contributed by atoms with van der Waals surface area (Å²) in [5, 5.41) is 0. The zero-order valence-corrected chi connectivity index (χ0v) is 14.0. The predicted molar refractivity (Wildman–Crippen MR) is 89.0 cm³/mol. The Morgan fingerprint density at radius 1 is 1.45 bits per heavy atom. The van der Waals surface area contributed by atoms with Gasteiger partial charge in [0.2, 0.25) is 5.91 Å². The van der Waals surface area contributed by atoms with Crippen LogP contribution in [0.3, 0.4) is 0 Å². The molecule has 0 bridgehead atoms. The number of hydrogen-bond acceptors (Lipinski definition) is 3. The lowest BCUT2D eigenvalue weighted by Crippen LogP contribution is -2.45. The van der Waals surface area contributed by atoms with E-state index in [1.807, 2.05) is 30.9 Å². The van der Waals surface area contributed by atoms with E-state index >= 15 is 0 Å². The summed E-state index contributed by atoms with van der Waals surface area (Å²) in [4.78, 5) is 14.2. The number of rotatable bonds is 5. The van der Waals surface area contributed by atoms with Crippen molar-refractivity contribution in [1.29, 1.82) is 0 Å². The van der Waals surface area contributed by atoms with E-state index in [2.05, 4.69) is 13.0 Å². The fourth-order valence-corrected chi connectivity index (χ4v) is 3.03. The first-order chi connectivity index (χ1) is 10.5. The zero-order valence-electron chi connectivity index (χ0n) is 14.0. The molecule has 122 valence electrons. The second-order valence-corrected chi connectivity index (χ2v) is 6.47. The maximum atomic E-state index is 12.3. The van der Waals surface area contributed by atoms with Gasteiger partial charge in [0, 0.05) is 19.1 Å². The topological polar surface area (TPSA) is 55.6 Å². The van der Waals surface area contributed by atoms with Gasteiger partial charge in [0.1, 0.15) is 5.75 Å². The molecule has 0 aromatic heterocycles. The van der Waals surface area contributed by atoms with Crippen LogP contribution in [-0.4, -0.2) is 36.5 Å². The van der Waals surface area contributed by atoms with Crippen LogP contribution in [-0.2, 0) is 4.79 Å². The van der Waals surface area contributed by atoms with E-state index in [1.54, 1.807) is 0 Å². The minimum absolute atomic E-state index is 0.155. The summed E-state index contributed by atoms with van der Waals surface area (Å²) in [6.45, 7) is 8.20. The zero-order chi connectivity index (χ0) is 16.1. The Balaban J connectivity index is 1.80. The number of amides is 1. The summed E-state index contributed by atoms with van der Waals surface area (Å²) < 4.78 is 5.76. The van der Waals surface area contributed by atoms with E-state index in [9.17, 15) is 4.79 Å². The summed E-state index contributed by atoms with van der Waals surface area (Å²) in [5.74, 6) is 1.47. The maximum Gasteiger partial charge on any atom is 0.226 e. The number of benzene rings is 1. The molecule has 2 rings (SSSR count). The minimum Gasteiger partial charge on any atom is -0.493 e. The molecule has 1 amide bonds. The van der Waals surface area contributed by atoms with Gasteiger partial charge in [-0.25, -0.2) is 0 Å². The van der Waals surface area contributed by atoms with E-state index in [0.29, 0.717) is 18.9 Å². The van der Waals surface area contributed by atoms with Crippen LogP contribution >= 0.6 is 0 Å². The van der Waals surface area contributed by atoms with Gasteiger partial charge >= 0.3 is 0 Å². The molecular formula is C18H28N2O2. The number of likely N-dealkylation sites (tertiary alicyclic amines) is 1. The number of ether oxygens (including phenoxy) is 1. The molecule has 22 heavy (non-hydrogen) atoms. The molecule has 1 aliphatic rings. The first-order valence-electron chi connectivity index (χ1n) is 8.21. The first-order valence-corrected chi connectivity index (χ1v) is 8.21. The van der Waals surface area contributed by atoms with Crippen molar-refractivity contribution in [3.05, 3.63) is 29.3 Å². The summed E-state index contributed by atoms with van der Waals surface area (Å²) in [6.07, 6.45) is 2.61. The highest BCUT2D eigenvalue weighted by Gasteiger charge is 2.25. The summed E-state index contributed by atoms with van der Waals surface area (Å²) >= 11 is 0. The summed E-state index contributed by atoms with van der Waals surface area (Å²) in [5.41, 5.74) is 8.30. The lowest BCUT2D eigenvalue weighted by atomic mass is 9.92. The SMILES string of the molecule is Cc1ccc(OCCC(=O)N2CCC[C@H]([C@@H](C)N)C2)c(C)c1. The van der Waals surface area contributed by atoms with Crippen LogP contribution in [0.4, 0.5) is 0 Å². The van der Waals surface area contributed by atoms with Crippen molar-refractivity contribution >= 4 is 5.91 Å². The first kappa shape index (κ1) is 16.8. The lowest BCUT2D eigenvalue weighted by Gasteiger charge is -2.34. The quantitative estimate of drug-likeness (QED) is 0.910. The van der Waals surface area contributed by atoms with Crippen molar-refractivity contribution in [2.24, 2.45) is 11.7 Å². The molecule has 1 aromatic rings. The van der Waals surface area contributed by atoms with Crippen molar-refractivity contribution < 1.29 is 9.53 Å². The Labute approximate surface area is 133 Å². The van der Waals surface area contributed by atoms with Crippen LogP contribution in [0, 0.1) is 19.8 Å². The standard InChI is InChI=1S/C18H28N2O2/c1-13-6-7-17(14(2)11-13)22-10-8-18(21)20-9-4-5-16(12-20)15(3)19/h6-7,11,15-16H,4-5,8-10,12,19H2,1-3H3/t15-,16+/m1/s1. The molecule has 4 nitrogen and oxygen atoms in total. The third-order valence-corrected chi connectivity index (χ3v) is 4.46. The highest BCUT2D eigenvalue weighted by atomic mass is 16.5. The number of nitrogens with zero attached hydrogens (tertiary/aromatic N) is 1. The van der Waals surface area contributed by atoms with Gasteiger partial charge in [-0.2, -0.15) is 0 Å². The Hall–Kier alpha value is -1.55. The van der Waals surface area contributed by atoms with E-state index in [0.717, 1.165) is 37.2 Å². The number of piperidine rings is 1. The molecule has 1 aromatic carbocycles. The van der Waals surface area contributed by atoms with Gasteiger partial charge in [0.25, 0.3) is 0 Å². The van der Waals surface area contributed by atoms with Gasteiger partial charge in [0.15, 0.2) is 0 Å². The van der Waals surface area contributed by atoms with Gasteiger partial charge in [-0.15, -0.1) is 0 Å². The third kappa shape index (κ3) is 4.47. The van der Waals surface area contributed by atoms with E-state index < -0.39 is 0 Å². The Bertz CT molecular complexity index is 514. The number of carbonyl (C=O) groups is 1. The molecule has 2 atom stereocenters. The van der Waals surface area contributed by atoms with Crippen LogP contribution in [0.5, 0.6) is 5.75 Å². The molecule has 0 spiro atoms. The molecular weight excluding hydrogens is 276 g/mol. The number of hydrogen-bond donors (Lipinski definition) is 1. The smallest absolute Gasteiger partial charge is 0.226 e. The number of aryl methyl sites for hydroxylation is 2. The number of carbonyl (C=O) groups excluding carboxylic acids is 1. The summed E-state index contributed by atoms with van der Waals surface area (Å²) in [7, 11) is 0. The van der Waals surface area contributed by atoms with Crippen LogP contribution < -0.4 is 10.5 Å². The monoisotopic (exact) mass is 304 g/mol. The molecule has 0 aliphatic carbocycles. The molecule has 2 N–H and O–H groups in total. The molecule has 0 unspecified atom stereocenters. The van der Waals surface area contributed by atoms with Gasteiger partial charge in [-0.1, -0.05) is 17.7 Å². The highest BCUT2D eigenvalue weighted by molar-refractivity contribution is 5.76. The normalized spacial score (nSPS) is 19.8. The van der Waals surface area contributed by atoms with Crippen molar-refractivity contribution in [3.63, 3.8) is 0 Å². The maximum absolute atomic E-state index is 12.3. The van der Waals surface area contributed by atoms with Gasteiger partial charge in [0.05, 0.1) is 13.0 Å². The van der Waals surface area contributed by atoms with Crippen LogP contribution in [0.25, 0.3) is 0 Å². The molecule has 0 radical (unpaired) electrons. The second kappa shape index (κ2) is 7.63. The minimum atomic E-state index is 0.155. The van der Waals surface area contributed by atoms with Crippen molar-refractivity contribution in [2.45, 2.75) is 46.1 Å². The van der Waals surface area contributed by atoms with E-state index in [-0.39, 0.29) is 11.9 Å². The molecule has 0 saturated carbocycles. The Kier molecular flexibility index (Phi) is 5.83. The van der Waals surface area contributed by atoms with Crippen LogP contribution in [0.2, 0.25) is 0 Å².